The van der Waals surface area contributed by atoms with Crippen molar-refractivity contribution >= 4 is 5.69 Å². The fourth-order valence-corrected chi connectivity index (χ4v) is 3.41. The maximum absolute atomic E-state index is 9.44. The molecule has 1 atom stereocenters. The van der Waals surface area contributed by atoms with E-state index in [0.29, 0.717) is 17.2 Å². The smallest absolute Gasteiger partial charge is 0.180 e. The van der Waals surface area contributed by atoms with Crippen molar-refractivity contribution in [2.45, 2.75) is 44.8 Å². The third kappa shape index (κ3) is 3.54. The zero-order valence-corrected chi connectivity index (χ0v) is 13.5. The quantitative estimate of drug-likeness (QED) is 0.742. The maximum atomic E-state index is 9.44. The average molecular weight is 312 g/mol. The Morgan fingerprint density at radius 2 is 2.17 bits per heavy atom. The highest BCUT2D eigenvalue weighted by Crippen LogP contribution is 2.33. The number of anilines is 1. The first-order chi connectivity index (χ1) is 11.2. The Labute approximate surface area is 137 Å². The molecule has 0 amide bonds. The molecule has 0 bridgehead atoms. The first kappa shape index (κ1) is 16.0. The van der Waals surface area contributed by atoms with Crippen molar-refractivity contribution in [1.82, 2.24) is 4.98 Å². The van der Waals surface area contributed by atoms with Crippen molar-refractivity contribution in [2.24, 2.45) is 0 Å². The largest absolute Gasteiger partial charge is 0.383 e. The van der Waals surface area contributed by atoms with Gasteiger partial charge in [-0.2, -0.15) is 0 Å². The van der Waals surface area contributed by atoms with E-state index in [1.54, 1.807) is 18.5 Å². The molecule has 0 saturated carbocycles. The van der Waals surface area contributed by atoms with E-state index < -0.39 is 6.29 Å². The van der Waals surface area contributed by atoms with Crippen LogP contribution in [-0.2, 0) is 12.8 Å². The van der Waals surface area contributed by atoms with Gasteiger partial charge in [-0.25, -0.2) is 0 Å². The molecule has 1 aromatic heterocycles. The van der Waals surface area contributed by atoms with Gasteiger partial charge in [0, 0.05) is 24.2 Å². The number of aryl methyl sites for hydroxylation is 2. The number of hydrogen-bond donors (Lipinski definition) is 3. The Kier molecular flexibility index (Phi) is 4.94. The topological polar surface area (TPSA) is 65.4 Å². The first-order valence-corrected chi connectivity index (χ1v) is 8.34. The first-order valence-electron chi connectivity index (χ1n) is 8.34. The zero-order valence-electron chi connectivity index (χ0n) is 13.5. The number of nitrogens with one attached hydrogen (secondary N) is 1. The molecule has 1 heterocycles. The number of hydrogen-bond acceptors (Lipinski definition) is 4. The number of nitrogens with zero attached hydrogens (tertiary/aromatic N) is 1. The number of aliphatic hydroxyl groups is 2. The van der Waals surface area contributed by atoms with Crippen molar-refractivity contribution in [3.63, 3.8) is 0 Å². The molecular formula is C19H24N2O2. The predicted octanol–water partition coefficient (Wildman–Crippen LogP) is 3.16. The van der Waals surface area contributed by atoms with Crippen LogP contribution in [0.15, 0.2) is 36.7 Å². The van der Waals surface area contributed by atoms with Gasteiger partial charge < -0.3 is 15.5 Å². The summed E-state index contributed by atoms with van der Waals surface area (Å²) in [6.07, 6.45) is 6.33. The van der Waals surface area contributed by atoms with Crippen LogP contribution in [0.3, 0.4) is 0 Å². The van der Waals surface area contributed by atoms with Crippen molar-refractivity contribution in [1.29, 1.82) is 0 Å². The number of fused-ring (bicyclic) bond motifs is 1. The Morgan fingerprint density at radius 1 is 1.30 bits per heavy atom. The van der Waals surface area contributed by atoms with E-state index in [2.05, 4.69) is 35.4 Å². The molecule has 0 fully saturated rings. The van der Waals surface area contributed by atoms with E-state index in [0.717, 1.165) is 25.8 Å². The van der Waals surface area contributed by atoms with Crippen LogP contribution in [-0.4, -0.2) is 21.7 Å². The van der Waals surface area contributed by atoms with E-state index in [9.17, 15) is 10.2 Å². The summed E-state index contributed by atoms with van der Waals surface area (Å²) in [6, 6.07) is 8.47. The second-order valence-electron chi connectivity index (χ2n) is 6.19. The summed E-state index contributed by atoms with van der Waals surface area (Å²) < 4.78 is 0. The second kappa shape index (κ2) is 7.11. The summed E-state index contributed by atoms with van der Waals surface area (Å²) in [5, 5.41) is 22.2. The Hall–Kier alpha value is -1.91. The Bertz CT molecular complexity index is 670. The molecular weight excluding hydrogens is 288 g/mol. The van der Waals surface area contributed by atoms with Crippen LogP contribution >= 0.6 is 0 Å². The summed E-state index contributed by atoms with van der Waals surface area (Å²) in [5.74, 6) is 0.452. The lowest BCUT2D eigenvalue weighted by molar-refractivity contribution is -0.0419. The summed E-state index contributed by atoms with van der Waals surface area (Å²) in [5.41, 5.74) is 5.46. The summed E-state index contributed by atoms with van der Waals surface area (Å²) in [6.45, 7) is 2.97. The molecule has 0 radical (unpaired) electrons. The lowest BCUT2D eigenvalue weighted by Crippen LogP contribution is -2.19. The molecule has 1 aromatic carbocycles. The highest BCUT2D eigenvalue weighted by molar-refractivity contribution is 5.50. The number of aromatic nitrogens is 1. The summed E-state index contributed by atoms with van der Waals surface area (Å²) >= 11 is 0. The van der Waals surface area contributed by atoms with Crippen LogP contribution in [0.5, 0.6) is 0 Å². The highest BCUT2D eigenvalue weighted by Gasteiger charge is 2.21. The molecule has 0 unspecified atom stereocenters. The molecule has 23 heavy (non-hydrogen) atoms. The minimum Gasteiger partial charge on any atom is -0.383 e. The molecule has 1 aliphatic rings. The van der Waals surface area contributed by atoms with Gasteiger partial charge in [0.1, 0.15) is 0 Å². The van der Waals surface area contributed by atoms with Crippen LogP contribution in [0.25, 0.3) is 0 Å². The minimum absolute atomic E-state index is 0.452. The van der Waals surface area contributed by atoms with Gasteiger partial charge in [-0.15, -0.1) is 0 Å². The Balaban J connectivity index is 1.76. The third-order valence-electron chi connectivity index (χ3n) is 4.73. The van der Waals surface area contributed by atoms with Crippen molar-refractivity contribution in [3.8, 4) is 0 Å². The highest BCUT2D eigenvalue weighted by atomic mass is 16.5. The second-order valence-corrected chi connectivity index (χ2v) is 6.19. The van der Waals surface area contributed by atoms with Gasteiger partial charge in [-0.05, 0) is 48.4 Å². The maximum Gasteiger partial charge on any atom is 0.180 e. The van der Waals surface area contributed by atoms with E-state index in [4.69, 9.17) is 0 Å². The third-order valence-corrected chi connectivity index (χ3v) is 4.73. The zero-order chi connectivity index (χ0) is 16.2. The van der Waals surface area contributed by atoms with Crippen LogP contribution in [0.4, 0.5) is 5.69 Å². The molecule has 2 aromatic rings. The number of rotatable bonds is 5. The standard InChI is InChI=1S/C19H24N2O2/c1-2-13-6-7-16-14(10-13)4-3-5-15(16)11-21-18-12-20-9-8-17(18)19(22)23/h6-10,12,15,19,21-23H,2-5,11H2,1H3/t15-/m0/s1. The molecule has 3 N–H and O–H groups in total. The van der Waals surface area contributed by atoms with Gasteiger partial charge in [-0.1, -0.05) is 25.1 Å². The van der Waals surface area contributed by atoms with Gasteiger partial charge in [0.2, 0.25) is 0 Å². The fourth-order valence-electron chi connectivity index (χ4n) is 3.41. The normalized spacial score (nSPS) is 17.1. The van der Waals surface area contributed by atoms with Gasteiger partial charge >= 0.3 is 0 Å². The molecule has 0 spiro atoms. The molecule has 122 valence electrons. The van der Waals surface area contributed by atoms with Crippen molar-refractivity contribution in [2.75, 3.05) is 11.9 Å². The molecule has 0 saturated heterocycles. The van der Waals surface area contributed by atoms with Crippen LogP contribution in [0.2, 0.25) is 0 Å². The van der Waals surface area contributed by atoms with Gasteiger partial charge in [-0.3, -0.25) is 4.98 Å². The van der Waals surface area contributed by atoms with E-state index in [-0.39, 0.29) is 0 Å². The van der Waals surface area contributed by atoms with Crippen molar-refractivity contribution < 1.29 is 10.2 Å². The summed E-state index contributed by atoms with van der Waals surface area (Å²) in [4.78, 5) is 4.07. The molecule has 4 nitrogen and oxygen atoms in total. The molecule has 4 heteroatoms. The SMILES string of the molecule is CCc1ccc2c(c1)CCC[C@H]2CNc1cnccc1C(O)O. The lowest BCUT2D eigenvalue weighted by atomic mass is 9.82. The van der Waals surface area contributed by atoms with Crippen molar-refractivity contribution in [3.05, 3.63) is 58.9 Å². The number of pyridine rings is 1. The van der Waals surface area contributed by atoms with Crippen LogP contribution in [0.1, 0.15) is 54.2 Å². The fraction of sp³-hybridized carbons (Fsp3) is 0.421. The predicted molar refractivity (Wildman–Crippen MR) is 91.4 cm³/mol. The van der Waals surface area contributed by atoms with E-state index in [1.165, 1.54) is 23.1 Å². The van der Waals surface area contributed by atoms with Gasteiger partial charge in [0.25, 0.3) is 0 Å². The Morgan fingerprint density at radius 3 is 2.96 bits per heavy atom. The molecule has 3 rings (SSSR count). The number of aliphatic hydroxyl groups excluding tert-OH is 1. The van der Waals surface area contributed by atoms with Gasteiger partial charge in [0.15, 0.2) is 6.29 Å². The minimum atomic E-state index is -1.48. The van der Waals surface area contributed by atoms with Crippen LogP contribution in [0, 0.1) is 0 Å². The van der Waals surface area contributed by atoms with E-state index >= 15 is 0 Å². The van der Waals surface area contributed by atoms with Crippen LogP contribution < -0.4 is 5.32 Å². The van der Waals surface area contributed by atoms with E-state index in [1.807, 2.05) is 0 Å². The van der Waals surface area contributed by atoms with Gasteiger partial charge in [0.05, 0.1) is 11.9 Å². The summed E-state index contributed by atoms with van der Waals surface area (Å²) in [7, 11) is 0. The molecule has 0 aliphatic heterocycles. The number of benzene rings is 1. The molecule has 1 aliphatic carbocycles. The monoisotopic (exact) mass is 312 g/mol. The average Bonchev–Trinajstić information content (AvgIpc) is 2.59. The lowest BCUT2D eigenvalue weighted by Gasteiger charge is -2.27.